The van der Waals surface area contributed by atoms with Gasteiger partial charge in [0.05, 0.1) is 13.0 Å². The number of hydrogen-bond acceptors (Lipinski definition) is 4. The van der Waals surface area contributed by atoms with Crippen molar-refractivity contribution < 1.29 is 24.2 Å². The first-order valence-electron chi connectivity index (χ1n) is 7.83. The van der Waals surface area contributed by atoms with Crippen molar-refractivity contribution in [2.75, 3.05) is 32.1 Å². The molecule has 0 spiro atoms. The maximum atomic E-state index is 12.4. The molecular formula is C17H22N2O5. The number of benzene rings is 1. The van der Waals surface area contributed by atoms with Crippen molar-refractivity contribution >= 4 is 23.5 Å². The van der Waals surface area contributed by atoms with Gasteiger partial charge in [-0.3, -0.25) is 14.4 Å². The zero-order chi connectivity index (χ0) is 17.7. The van der Waals surface area contributed by atoms with Crippen LogP contribution in [-0.2, 0) is 14.4 Å². The Labute approximate surface area is 140 Å². The molecule has 24 heavy (non-hydrogen) atoms. The van der Waals surface area contributed by atoms with E-state index in [1.165, 1.54) is 4.90 Å². The molecule has 1 atom stereocenters. The molecule has 7 heteroatoms. The van der Waals surface area contributed by atoms with Gasteiger partial charge in [-0.1, -0.05) is 6.07 Å². The predicted octanol–water partition coefficient (Wildman–Crippen LogP) is 1.37. The van der Waals surface area contributed by atoms with Gasteiger partial charge in [-0.25, -0.2) is 0 Å². The van der Waals surface area contributed by atoms with Crippen molar-refractivity contribution in [3.05, 3.63) is 24.3 Å². The summed E-state index contributed by atoms with van der Waals surface area (Å²) in [4.78, 5) is 38.3. The van der Waals surface area contributed by atoms with Gasteiger partial charge in [0, 0.05) is 44.7 Å². The van der Waals surface area contributed by atoms with Crippen LogP contribution < -0.4 is 9.64 Å². The summed E-state index contributed by atoms with van der Waals surface area (Å²) in [6.07, 6.45) is 0.592. The highest BCUT2D eigenvalue weighted by atomic mass is 16.5. The second-order valence-corrected chi connectivity index (χ2v) is 5.86. The summed E-state index contributed by atoms with van der Waals surface area (Å²) in [6.45, 7) is 0.698. The number of nitrogens with zero attached hydrogens (tertiary/aromatic N) is 2. The van der Waals surface area contributed by atoms with Crippen LogP contribution in [0.3, 0.4) is 0 Å². The molecular weight excluding hydrogens is 312 g/mol. The van der Waals surface area contributed by atoms with Crippen molar-refractivity contribution in [1.29, 1.82) is 0 Å². The average molecular weight is 334 g/mol. The minimum absolute atomic E-state index is 0.0250. The number of carbonyl (C=O) groups excluding carboxylic acids is 2. The Kier molecular flexibility index (Phi) is 5.78. The molecule has 0 radical (unpaired) electrons. The van der Waals surface area contributed by atoms with Gasteiger partial charge in [0.15, 0.2) is 0 Å². The molecule has 1 saturated heterocycles. The second-order valence-electron chi connectivity index (χ2n) is 5.86. The summed E-state index contributed by atoms with van der Waals surface area (Å²) in [5.41, 5.74) is 0.711. The normalized spacial score (nSPS) is 17.0. The van der Waals surface area contributed by atoms with E-state index in [4.69, 9.17) is 9.84 Å². The van der Waals surface area contributed by atoms with Gasteiger partial charge in [-0.15, -0.1) is 0 Å². The summed E-state index contributed by atoms with van der Waals surface area (Å²) in [5, 5.41) is 8.65. The molecule has 0 aliphatic carbocycles. The number of carbonyl (C=O) groups is 3. The molecule has 2 rings (SSSR count). The number of rotatable bonds is 7. The van der Waals surface area contributed by atoms with Gasteiger partial charge in [0.25, 0.3) is 0 Å². The molecule has 0 saturated carbocycles. The quantitative estimate of drug-likeness (QED) is 0.814. The topological polar surface area (TPSA) is 87.2 Å². The smallest absolute Gasteiger partial charge is 0.303 e. The molecule has 1 heterocycles. The molecule has 7 nitrogen and oxygen atoms in total. The van der Waals surface area contributed by atoms with Crippen LogP contribution in [0, 0.1) is 5.92 Å². The van der Waals surface area contributed by atoms with Crippen molar-refractivity contribution in [2.24, 2.45) is 5.92 Å². The van der Waals surface area contributed by atoms with Gasteiger partial charge >= 0.3 is 5.97 Å². The van der Waals surface area contributed by atoms with Crippen LogP contribution in [0.25, 0.3) is 0 Å². The Balaban J connectivity index is 1.98. The Hall–Kier alpha value is -2.57. The van der Waals surface area contributed by atoms with Crippen molar-refractivity contribution in [3.63, 3.8) is 0 Å². The lowest BCUT2D eigenvalue weighted by atomic mass is 10.1. The molecule has 1 aromatic rings. The SMILES string of the molecule is COc1cccc(N2CC(C(=O)N(C)CCCC(=O)O)CC2=O)c1. The monoisotopic (exact) mass is 334 g/mol. The Bertz CT molecular complexity index is 631. The third-order valence-electron chi connectivity index (χ3n) is 4.10. The molecule has 1 N–H and O–H groups in total. The van der Waals surface area contributed by atoms with Crippen LogP contribution in [0.4, 0.5) is 5.69 Å². The number of hydrogen-bond donors (Lipinski definition) is 1. The molecule has 0 bridgehead atoms. The number of carboxylic acids is 1. The van der Waals surface area contributed by atoms with Gasteiger partial charge < -0.3 is 19.6 Å². The predicted molar refractivity (Wildman–Crippen MR) is 88.0 cm³/mol. The first-order chi connectivity index (χ1) is 11.4. The Morgan fingerprint density at radius 1 is 1.42 bits per heavy atom. The fourth-order valence-corrected chi connectivity index (χ4v) is 2.79. The molecule has 1 aromatic carbocycles. The molecule has 0 aromatic heterocycles. The van der Waals surface area contributed by atoms with Crippen LogP contribution in [0.1, 0.15) is 19.3 Å². The molecule has 1 unspecified atom stereocenters. The third kappa shape index (κ3) is 4.24. The van der Waals surface area contributed by atoms with Gasteiger partial charge in [-0.2, -0.15) is 0 Å². The van der Waals surface area contributed by atoms with E-state index in [0.29, 0.717) is 30.9 Å². The van der Waals surface area contributed by atoms with Crippen LogP contribution in [0.15, 0.2) is 24.3 Å². The maximum absolute atomic E-state index is 12.4. The Morgan fingerprint density at radius 2 is 2.17 bits per heavy atom. The number of methoxy groups -OCH3 is 1. The number of carboxylic acid groups (broad SMARTS) is 1. The van der Waals surface area contributed by atoms with Crippen LogP contribution in [0.5, 0.6) is 5.75 Å². The maximum Gasteiger partial charge on any atom is 0.303 e. The fraction of sp³-hybridized carbons (Fsp3) is 0.471. The minimum Gasteiger partial charge on any atom is -0.497 e. The van der Waals surface area contributed by atoms with E-state index in [-0.39, 0.29) is 24.7 Å². The van der Waals surface area contributed by atoms with Crippen molar-refractivity contribution in [1.82, 2.24) is 4.90 Å². The van der Waals surface area contributed by atoms with Crippen molar-refractivity contribution in [3.8, 4) is 5.75 Å². The molecule has 1 aliphatic rings. The van der Waals surface area contributed by atoms with E-state index >= 15 is 0 Å². The lowest BCUT2D eigenvalue weighted by molar-refractivity contribution is -0.138. The van der Waals surface area contributed by atoms with E-state index < -0.39 is 11.9 Å². The summed E-state index contributed by atoms with van der Waals surface area (Å²) in [6, 6.07) is 7.17. The van der Waals surface area contributed by atoms with Gasteiger partial charge in [0.1, 0.15) is 5.75 Å². The molecule has 2 amide bonds. The average Bonchev–Trinajstić information content (AvgIpc) is 2.95. The first kappa shape index (κ1) is 17.8. The molecule has 1 aliphatic heterocycles. The molecule has 1 fully saturated rings. The van der Waals surface area contributed by atoms with E-state index in [1.807, 2.05) is 6.07 Å². The number of anilines is 1. The van der Waals surface area contributed by atoms with Gasteiger partial charge in [-0.05, 0) is 18.6 Å². The van der Waals surface area contributed by atoms with Crippen molar-refractivity contribution in [2.45, 2.75) is 19.3 Å². The van der Waals surface area contributed by atoms with Crippen LogP contribution in [-0.4, -0.2) is 55.0 Å². The fourth-order valence-electron chi connectivity index (χ4n) is 2.79. The third-order valence-corrected chi connectivity index (χ3v) is 4.10. The summed E-state index contributed by atoms with van der Waals surface area (Å²) < 4.78 is 5.16. The highest BCUT2D eigenvalue weighted by molar-refractivity contribution is 6.00. The Morgan fingerprint density at radius 3 is 2.83 bits per heavy atom. The summed E-state index contributed by atoms with van der Waals surface area (Å²) in [5.74, 6) is -0.852. The summed E-state index contributed by atoms with van der Waals surface area (Å²) >= 11 is 0. The zero-order valence-corrected chi connectivity index (χ0v) is 13.9. The second kappa shape index (κ2) is 7.81. The number of amides is 2. The molecule has 130 valence electrons. The lowest BCUT2D eigenvalue weighted by Crippen LogP contribution is -2.35. The van der Waals surface area contributed by atoms with E-state index in [2.05, 4.69) is 0 Å². The van der Waals surface area contributed by atoms with Crippen LogP contribution in [0.2, 0.25) is 0 Å². The lowest BCUT2D eigenvalue weighted by Gasteiger charge is -2.21. The highest BCUT2D eigenvalue weighted by Crippen LogP contribution is 2.28. The summed E-state index contributed by atoms with van der Waals surface area (Å²) in [7, 11) is 3.20. The van der Waals surface area contributed by atoms with E-state index in [0.717, 1.165) is 0 Å². The number of aliphatic carboxylic acids is 1. The van der Waals surface area contributed by atoms with Crippen LogP contribution >= 0.6 is 0 Å². The largest absolute Gasteiger partial charge is 0.497 e. The number of ether oxygens (including phenoxy) is 1. The van der Waals surface area contributed by atoms with Gasteiger partial charge in [0.2, 0.25) is 11.8 Å². The zero-order valence-electron chi connectivity index (χ0n) is 13.9. The first-order valence-corrected chi connectivity index (χ1v) is 7.83. The standard InChI is InChI=1S/C17H22N2O5/c1-18(8-4-7-16(21)22)17(23)12-9-15(20)19(11-12)13-5-3-6-14(10-13)24-2/h3,5-6,10,12H,4,7-9,11H2,1-2H3,(H,21,22). The van der Waals surface area contributed by atoms with E-state index in [9.17, 15) is 14.4 Å². The highest BCUT2D eigenvalue weighted by Gasteiger charge is 2.36. The minimum atomic E-state index is -0.879. The van der Waals surface area contributed by atoms with E-state index in [1.54, 1.807) is 37.3 Å².